The van der Waals surface area contributed by atoms with Crippen molar-refractivity contribution in [2.24, 2.45) is 0 Å². The molecule has 2 aromatic rings. The summed E-state index contributed by atoms with van der Waals surface area (Å²) in [6, 6.07) is 5.38. The van der Waals surface area contributed by atoms with Gasteiger partial charge in [0.2, 0.25) is 0 Å². The van der Waals surface area contributed by atoms with E-state index in [1.165, 1.54) is 6.42 Å². The van der Waals surface area contributed by atoms with Crippen LogP contribution in [0.5, 0.6) is 0 Å². The molecule has 0 amide bonds. The minimum atomic E-state index is -0.0119. The first-order valence-corrected chi connectivity index (χ1v) is 8.78. The molecule has 0 saturated heterocycles. The number of benzene rings is 1. The van der Waals surface area contributed by atoms with Crippen molar-refractivity contribution in [2.75, 3.05) is 0 Å². The Balaban J connectivity index is 2.17. The molecule has 0 bridgehead atoms. The van der Waals surface area contributed by atoms with Gasteiger partial charge in [-0.2, -0.15) is 5.26 Å². The monoisotopic (exact) mass is 333 g/mol. The Morgan fingerprint density at radius 3 is 2.86 bits per heavy atom. The number of nitrogens with zero attached hydrogens (tertiary/aromatic N) is 3. The van der Waals surface area contributed by atoms with Gasteiger partial charge in [0.1, 0.15) is 11.2 Å². The van der Waals surface area contributed by atoms with Crippen molar-refractivity contribution in [3.05, 3.63) is 39.4 Å². The largest absolute Gasteiger partial charge is 0.292 e. The van der Waals surface area contributed by atoms with Gasteiger partial charge in [0.15, 0.2) is 0 Å². The SMILES string of the molecule is N#CSCc1nc2cc(Cl)ccc2c(=O)n1C1CCCCC1. The summed E-state index contributed by atoms with van der Waals surface area (Å²) in [4.78, 5) is 17.5. The van der Waals surface area contributed by atoms with E-state index in [1.54, 1.807) is 18.2 Å². The van der Waals surface area contributed by atoms with Gasteiger partial charge in [-0.05, 0) is 42.8 Å². The van der Waals surface area contributed by atoms with Crippen molar-refractivity contribution in [3.63, 3.8) is 0 Å². The van der Waals surface area contributed by atoms with E-state index in [0.29, 0.717) is 27.5 Å². The molecule has 6 heteroatoms. The molecule has 1 saturated carbocycles. The van der Waals surface area contributed by atoms with Gasteiger partial charge in [0.05, 0.1) is 16.7 Å². The molecule has 4 nitrogen and oxygen atoms in total. The average molecular weight is 334 g/mol. The molecule has 1 aliphatic carbocycles. The lowest BCUT2D eigenvalue weighted by atomic mass is 9.95. The van der Waals surface area contributed by atoms with Crippen molar-refractivity contribution >= 4 is 34.3 Å². The van der Waals surface area contributed by atoms with Gasteiger partial charge in [0.25, 0.3) is 5.56 Å². The van der Waals surface area contributed by atoms with E-state index in [2.05, 4.69) is 10.4 Å². The van der Waals surface area contributed by atoms with Crippen LogP contribution in [0.15, 0.2) is 23.0 Å². The molecule has 0 aliphatic heterocycles. The Hall–Kier alpha value is -1.51. The smallest absolute Gasteiger partial charge is 0.261 e. The zero-order valence-electron chi connectivity index (χ0n) is 12.1. The van der Waals surface area contributed by atoms with Crippen molar-refractivity contribution < 1.29 is 0 Å². The van der Waals surface area contributed by atoms with Crippen LogP contribution < -0.4 is 5.56 Å². The first-order chi connectivity index (χ1) is 10.7. The third kappa shape index (κ3) is 2.99. The molecule has 0 radical (unpaired) electrons. The van der Waals surface area contributed by atoms with E-state index in [4.69, 9.17) is 16.9 Å². The predicted octanol–water partition coefficient (Wildman–Crippen LogP) is 4.27. The second-order valence-corrected chi connectivity index (χ2v) is 6.73. The Kier molecular flexibility index (Phi) is 4.70. The molecular weight excluding hydrogens is 318 g/mol. The third-order valence-electron chi connectivity index (χ3n) is 4.14. The number of thioether (sulfide) groups is 1. The van der Waals surface area contributed by atoms with Gasteiger partial charge in [-0.25, -0.2) is 4.98 Å². The van der Waals surface area contributed by atoms with Crippen LogP contribution in [0.3, 0.4) is 0 Å². The second kappa shape index (κ2) is 6.72. The Morgan fingerprint density at radius 2 is 2.14 bits per heavy atom. The number of fused-ring (bicyclic) bond motifs is 1. The number of hydrogen-bond donors (Lipinski definition) is 0. The van der Waals surface area contributed by atoms with Gasteiger partial charge >= 0.3 is 0 Å². The second-order valence-electron chi connectivity index (χ2n) is 5.54. The molecule has 0 spiro atoms. The summed E-state index contributed by atoms with van der Waals surface area (Å²) in [6.45, 7) is 0. The van der Waals surface area contributed by atoms with E-state index in [-0.39, 0.29) is 11.6 Å². The molecule has 1 aliphatic rings. The standard InChI is InChI=1S/C16H16ClN3OS/c17-11-6-7-13-14(8-11)19-15(9-22-10-18)20(16(13)21)12-4-2-1-3-5-12/h6-8,12H,1-5,9H2. The maximum atomic E-state index is 12.9. The summed E-state index contributed by atoms with van der Waals surface area (Å²) in [5.41, 5.74) is 0.597. The Morgan fingerprint density at radius 1 is 1.36 bits per heavy atom. The number of aromatic nitrogens is 2. The normalized spacial score (nSPS) is 15.8. The van der Waals surface area contributed by atoms with E-state index in [0.717, 1.165) is 37.4 Å². The summed E-state index contributed by atoms with van der Waals surface area (Å²) in [5, 5.41) is 12.1. The number of thiocyanates is 1. The summed E-state index contributed by atoms with van der Waals surface area (Å²) in [7, 11) is 0. The number of nitriles is 1. The molecule has 1 fully saturated rings. The van der Waals surface area contributed by atoms with Gasteiger partial charge < -0.3 is 0 Å². The minimum Gasteiger partial charge on any atom is -0.292 e. The van der Waals surface area contributed by atoms with Gasteiger partial charge in [-0.15, -0.1) is 0 Å². The quantitative estimate of drug-likeness (QED) is 0.787. The molecule has 1 heterocycles. The maximum absolute atomic E-state index is 12.9. The van der Waals surface area contributed by atoms with Crippen LogP contribution in [-0.4, -0.2) is 9.55 Å². The summed E-state index contributed by atoms with van der Waals surface area (Å²) in [6.07, 6.45) is 5.52. The van der Waals surface area contributed by atoms with Crippen LogP contribution in [0.25, 0.3) is 10.9 Å². The van der Waals surface area contributed by atoms with E-state index < -0.39 is 0 Å². The van der Waals surface area contributed by atoms with Crippen LogP contribution in [0.1, 0.15) is 44.0 Å². The van der Waals surface area contributed by atoms with Crippen LogP contribution in [-0.2, 0) is 5.75 Å². The lowest BCUT2D eigenvalue weighted by Gasteiger charge is -2.26. The van der Waals surface area contributed by atoms with Crippen LogP contribution >= 0.6 is 23.4 Å². The summed E-state index contributed by atoms with van der Waals surface area (Å²) >= 11 is 7.12. The fraction of sp³-hybridized carbons (Fsp3) is 0.438. The zero-order chi connectivity index (χ0) is 15.5. The lowest BCUT2D eigenvalue weighted by molar-refractivity contribution is 0.339. The highest BCUT2D eigenvalue weighted by Crippen LogP contribution is 2.29. The van der Waals surface area contributed by atoms with E-state index in [9.17, 15) is 4.79 Å². The van der Waals surface area contributed by atoms with Crippen molar-refractivity contribution in [2.45, 2.75) is 43.9 Å². The molecular formula is C16H16ClN3OS. The molecule has 22 heavy (non-hydrogen) atoms. The summed E-state index contributed by atoms with van der Waals surface area (Å²) < 4.78 is 1.82. The third-order valence-corrected chi connectivity index (χ3v) is 4.91. The van der Waals surface area contributed by atoms with Gasteiger partial charge in [-0.3, -0.25) is 9.36 Å². The van der Waals surface area contributed by atoms with Crippen LogP contribution in [0, 0.1) is 10.7 Å². The predicted molar refractivity (Wildman–Crippen MR) is 90.0 cm³/mol. The van der Waals surface area contributed by atoms with Crippen molar-refractivity contribution in [3.8, 4) is 5.40 Å². The van der Waals surface area contributed by atoms with Crippen molar-refractivity contribution in [1.29, 1.82) is 5.26 Å². The highest BCUT2D eigenvalue weighted by atomic mass is 35.5. The first-order valence-electron chi connectivity index (χ1n) is 7.42. The Bertz CT molecular complexity index is 790. The van der Waals surface area contributed by atoms with Gasteiger partial charge in [0, 0.05) is 11.1 Å². The van der Waals surface area contributed by atoms with Crippen LogP contribution in [0.4, 0.5) is 0 Å². The van der Waals surface area contributed by atoms with Crippen LogP contribution in [0.2, 0.25) is 5.02 Å². The lowest BCUT2D eigenvalue weighted by Crippen LogP contribution is -2.30. The number of hydrogen-bond acceptors (Lipinski definition) is 4. The minimum absolute atomic E-state index is 0.0119. The first kappa shape index (κ1) is 15.4. The highest BCUT2D eigenvalue weighted by molar-refractivity contribution is 8.02. The molecule has 0 unspecified atom stereocenters. The molecule has 114 valence electrons. The highest BCUT2D eigenvalue weighted by Gasteiger charge is 2.21. The Labute approximate surface area is 138 Å². The molecule has 0 atom stereocenters. The molecule has 0 N–H and O–H groups in total. The zero-order valence-corrected chi connectivity index (χ0v) is 13.7. The molecule has 1 aromatic heterocycles. The fourth-order valence-corrected chi connectivity index (χ4v) is 3.70. The van der Waals surface area contributed by atoms with E-state index in [1.807, 2.05) is 4.57 Å². The van der Waals surface area contributed by atoms with Gasteiger partial charge in [-0.1, -0.05) is 30.9 Å². The average Bonchev–Trinajstić information content (AvgIpc) is 2.53. The maximum Gasteiger partial charge on any atom is 0.261 e. The topological polar surface area (TPSA) is 58.7 Å². The molecule has 1 aromatic carbocycles. The van der Waals surface area contributed by atoms with E-state index >= 15 is 0 Å². The molecule has 3 rings (SSSR count). The fourth-order valence-electron chi connectivity index (χ4n) is 3.13. The van der Waals surface area contributed by atoms with Crippen molar-refractivity contribution in [1.82, 2.24) is 9.55 Å². The summed E-state index contributed by atoms with van der Waals surface area (Å²) in [5.74, 6) is 1.10. The number of rotatable bonds is 3. The number of halogens is 1.